The second-order valence-corrected chi connectivity index (χ2v) is 7.91. The van der Waals surface area contributed by atoms with Crippen LogP contribution in [0.15, 0.2) is 47.0 Å². The number of alkyl halides is 3. The van der Waals surface area contributed by atoms with E-state index in [1.54, 1.807) is 30.2 Å². The predicted molar refractivity (Wildman–Crippen MR) is 116 cm³/mol. The van der Waals surface area contributed by atoms with Crippen molar-refractivity contribution in [2.75, 3.05) is 13.7 Å². The van der Waals surface area contributed by atoms with Crippen LogP contribution in [-0.2, 0) is 19.0 Å². The van der Waals surface area contributed by atoms with Gasteiger partial charge in [-0.15, -0.1) is 0 Å². The number of likely N-dealkylation sites (tertiary alicyclic amines) is 1. The van der Waals surface area contributed by atoms with Crippen molar-refractivity contribution in [1.29, 1.82) is 5.41 Å². The summed E-state index contributed by atoms with van der Waals surface area (Å²) in [6.45, 7) is 0.596. The van der Waals surface area contributed by atoms with Crippen LogP contribution in [0.5, 0.6) is 5.75 Å². The molecule has 1 fully saturated rings. The molecule has 3 N–H and O–H groups in total. The lowest BCUT2D eigenvalue weighted by atomic mass is 9.97. The highest BCUT2D eigenvalue weighted by molar-refractivity contribution is 5.75. The topological polar surface area (TPSA) is 101 Å². The maximum atomic E-state index is 13.8. The minimum atomic E-state index is -4.52. The number of rotatable bonds is 6. The molecule has 2 heterocycles. The van der Waals surface area contributed by atoms with Crippen molar-refractivity contribution < 1.29 is 22.4 Å². The van der Waals surface area contributed by atoms with E-state index >= 15 is 0 Å². The summed E-state index contributed by atoms with van der Waals surface area (Å²) in [5, 5.41) is 11.6. The number of aromatic nitrogens is 2. The molecular weight excluding hydrogens is 435 g/mol. The van der Waals surface area contributed by atoms with Gasteiger partial charge in [-0.1, -0.05) is 29.4 Å². The van der Waals surface area contributed by atoms with Crippen LogP contribution in [-0.4, -0.2) is 34.7 Å². The first kappa shape index (κ1) is 22.6. The van der Waals surface area contributed by atoms with Crippen molar-refractivity contribution in [3.8, 4) is 17.1 Å². The van der Waals surface area contributed by atoms with Crippen molar-refractivity contribution in [2.45, 2.75) is 37.9 Å². The third kappa shape index (κ3) is 4.94. The Kier molecular flexibility index (Phi) is 6.26. The van der Waals surface area contributed by atoms with E-state index in [2.05, 4.69) is 10.1 Å². The third-order valence-electron chi connectivity index (χ3n) is 5.80. The molecule has 1 aromatic heterocycles. The zero-order valence-corrected chi connectivity index (χ0v) is 18.0. The van der Waals surface area contributed by atoms with Crippen LogP contribution in [0.3, 0.4) is 0 Å². The highest BCUT2D eigenvalue weighted by atomic mass is 19.4. The molecule has 0 unspecified atom stereocenters. The molecular formula is C23H24F3N5O2. The number of nitrogens with one attached hydrogen (secondary N) is 1. The molecule has 0 aliphatic carbocycles. The number of hydrogen-bond donors (Lipinski definition) is 2. The first-order valence-electron chi connectivity index (χ1n) is 10.5. The summed E-state index contributed by atoms with van der Waals surface area (Å²) in [7, 11) is 1.56. The molecule has 0 saturated carbocycles. The van der Waals surface area contributed by atoms with Gasteiger partial charge in [0.05, 0.1) is 12.7 Å². The van der Waals surface area contributed by atoms with Gasteiger partial charge >= 0.3 is 6.18 Å². The minimum absolute atomic E-state index is 0.0765. The molecule has 0 spiro atoms. The lowest BCUT2D eigenvalue weighted by Crippen LogP contribution is -2.35. The summed E-state index contributed by atoms with van der Waals surface area (Å²) in [5.74, 6) is 0.919. The standard InChI is InChI=1S/C23H24F3N5O2/c1-32-17-10-5-14(6-11-17)4-7-15-8-9-16(13-18(15)23(24,25)26)20-29-21(33-30-20)19-3-2-12-31(19)22(27)28/h5-6,8-11,13,19H,2-4,7,12H2,1H3,(H3,27,28)/t19-/m0/s1. The van der Waals surface area contributed by atoms with Crippen LogP contribution >= 0.6 is 0 Å². The van der Waals surface area contributed by atoms with E-state index in [1.807, 2.05) is 12.1 Å². The Morgan fingerprint density at radius 2 is 1.97 bits per heavy atom. The SMILES string of the molecule is COc1ccc(CCc2ccc(-c3noc([C@@H]4CCCN4C(=N)N)n3)cc2C(F)(F)F)cc1. The van der Waals surface area contributed by atoms with Crippen molar-refractivity contribution in [1.82, 2.24) is 15.0 Å². The van der Waals surface area contributed by atoms with Gasteiger partial charge in [0.15, 0.2) is 5.96 Å². The van der Waals surface area contributed by atoms with E-state index in [9.17, 15) is 13.2 Å². The maximum Gasteiger partial charge on any atom is 0.416 e. The molecule has 2 aromatic carbocycles. The second kappa shape index (κ2) is 9.13. The number of benzene rings is 2. The number of methoxy groups -OCH3 is 1. The van der Waals surface area contributed by atoms with E-state index in [0.29, 0.717) is 25.1 Å². The zero-order valence-electron chi connectivity index (χ0n) is 18.0. The Bertz CT molecular complexity index is 1130. The number of ether oxygens (including phenoxy) is 1. The van der Waals surface area contributed by atoms with E-state index < -0.39 is 11.7 Å². The first-order valence-corrected chi connectivity index (χ1v) is 10.5. The van der Waals surface area contributed by atoms with Gasteiger partial charge in [-0.25, -0.2) is 0 Å². The van der Waals surface area contributed by atoms with Crippen molar-refractivity contribution in [3.63, 3.8) is 0 Å². The lowest BCUT2D eigenvalue weighted by Gasteiger charge is -2.21. The Balaban J connectivity index is 1.56. The summed E-state index contributed by atoms with van der Waals surface area (Å²) in [6, 6.07) is 11.0. The van der Waals surface area contributed by atoms with Crippen molar-refractivity contribution in [3.05, 3.63) is 65.0 Å². The van der Waals surface area contributed by atoms with Gasteiger partial charge in [0.2, 0.25) is 11.7 Å². The summed E-state index contributed by atoms with van der Waals surface area (Å²) in [5.41, 5.74) is 6.22. The quantitative estimate of drug-likeness (QED) is 0.413. The molecule has 10 heteroatoms. The summed E-state index contributed by atoms with van der Waals surface area (Å²) in [6.07, 6.45) is -2.34. The number of guanidine groups is 1. The normalized spacial score (nSPS) is 16.2. The fourth-order valence-corrected chi connectivity index (χ4v) is 4.07. The first-order chi connectivity index (χ1) is 15.8. The van der Waals surface area contributed by atoms with E-state index in [1.165, 1.54) is 6.07 Å². The van der Waals surface area contributed by atoms with Gasteiger partial charge < -0.3 is 19.9 Å². The minimum Gasteiger partial charge on any atom is -0.497 e. The molecule has 33 heavy (non-hydrogen) atoms. The number of nitrogens with two attached hydrogens (primary N) is 1. The Morgan fingerprint density at radius 3 is 2.64 bits per heavy atom. The molecule has 1 aliphatic rings. The summed E-state index contributed by atoms with van der Waals surface area (Å²) < 4.78 is 51.9. The van der Waals surface area contributed by atoms with Crippen LogP contribution in [0, 0.1) is 5.41 Å². The highest BCUT2D eigenvalue weighted by Crippen LogP contribution is 2.36. The van der Waals surface area contributed by atoms with Crippen molar-refractivity contribution in [2.24, 2.45) is 5.73 Å². The van der Waals surface area contributed by atoms with Crippen LogP contribution in [0.1, 0.15) is 41.5 Å². The van der Waals surface area contributed by atoms with E-state index in [-0.39, 0.29) is 41.3 Å². The lowest BCUT2D eigenvalue weighted by molar-refractivity contribution is -0.138. The second-order valence-electron chi connectivity index (χ2n) is 7.91. The highest BCUT2D eigenvalue weighted by Gasteiger charge is 2.35. The van der Waals surface area contributed by atoms with Gasteiger partial charge in [0.1, 0.15) is 11.8 Å². The molecule has 174 valence electrons. The van der Waals surface area contributed by atoms with Crippen LogP contribution < -0.4 is 10.5 Å². The molecule has 0 radical (unpaired) electrons. The molecule has 7 nitrogen and oxygen atoms in total. The molecule has 0 amide bonds. The van der Waals surface area contributed by atoms with Crippen LogP contribution in [0.25, 0.3) is 11.4 Å². The Hall–Kier alpha value is -3.56. The van der Waals surface area contributed by atoms with E-state index in [4.69, 9.17) is 20.4 Å². The largest absolute Gasteiger partial charge is 0.497 e. The monoisotopic (exact) mass is 459 g/mol. The smallest absolute Gasteiger partial charge is 0.416 e. The van der Waals surface area contributed by atoms with Gasteiger partial charge in [-0.2, -0.15) is 18.2 Å². The van der Waals surface area contributed by atoms with Gasteiger partial charge in [-0.3, -0.25) is 5.41 Å². The average molecular weight is 459 g/mol. The van der Waals surface area contributed by atoms with E-state index in [0.717, 1.165) is 18.1 Å². The number of nitrogens with zero attached hydrogens (tertiary/aromatic N) is 3. The molecule has 0 bridgehead atoms. The molecule has 4 rings (SSSR count). The Labute approximate surface area is 188 Å². The molecule has 3 aromatic rings. The predicted octanol–water partition coefficient (Wildman–Crippen LogP) is 4.58. The number of halogens is 3. The molecule has 1 saturated heterocycles. The fraction of sp³-hybridized carbons (Fsp3) is 0.348. The molecule has 1 atom stereocenters. The Morgan fingerprint density at radius 1 is 1.21 bits per heavy atom. The number of hydrogen-bond acceptors (Lipinski definition) is 5. The summed E-state index contributed by atoms with van der Waals surface area (Å²) >= 11 is 0. The third-order valence-corrected chi connectivity index (χ3v) is 5.80. The maximum absolute atomic E-state index is 13.8. The van der Waals surface area contributed by atoms with Crippen LogP contribution in [0.4, 0.5) is 13.2 Å². The fourth-order valence-electron chi connectivity index (χ4n) is 4.07. The van der Waals surface area contributed by atoms with Crippen LogP contribution in [0.2, 0.25) is 0 Å². The average Bonchev–Trinajstić information content (AvgIpc) is 3.47. The van der Waals surface area contributed by atoms with Crippen molar-refractivity contribution >= 4 is 5.96 Å². The van der Waals surface area contributed by atoms with Gasteiger partial charge in [0, 0.05) is 12.1 Å². The van der Waals surface area contributed by atoms with Gasteiger partial charge in [-0.05, 0) is 55.0 Å². The molecule has 1 aliphatic heterocycles. The van der Waals surface area contributed by atoms with Gasteiger partial charge in [0.25, 0.3) is 0 Å². The summed E-state index contributed by atoms with van der Waals surface area (Å²) in [4.78, 5) is 5.95. The zero-order chi connectivity index (χ0) is 23.6. The number of aryl methyl sites for hydroxylation is 2.